The lowest BCUT2D eigenvalue weighted by atomic mass is 10.1. The Morgan fingerprint density at radius 3 is 2.58 bits per heavy atom. The molecular weight excluding hydrogens is 344 g/mol. The predicted octanol–water partition coefficient (Wildman–Crippen LogP) is 5.54. The molecule has 0 bridgehead atoms. The molecule has 0 atom stereocenters. The van der Waals surface area contributed by atoms with Crippen molar-refractivity contribution in [1.82, 2.24) is 0 Å². The number of methoxy groups -OCH3 is 1. The van der Waals surface area contributed by atoms with Gasteiger partial charge in [-0.05, 0) is 55.0 Å². The Kier molecular flexibility index (Phi) is 5.87. The van der Waals surface area contributed by atoms with E-state index < -0.39 is 0 Å². The summed E-state index contributed by atoms with van der Waals surface area (Å²) in [7, 11) is 1.64. The maximum absolute atomic E-state index is 12.2. The predicted molar refractivity (Wildman–Crippen MR) is 106 cm³/mol. The number of para-hydroxylation sites is 1. The maximum atomic E-state index is 12.2. The van der Waals surface area contributed by atoms with Gasteiger partial charge in [0.2, 0.25) is 0 Å². The van der Waals surface area contributed by atoms with Crippen LogP contribution >= 0.6 is 11.3 Å². The molecule has 0 saturated heterocycles. The van der Waals surface area contributed by atoms with Gasteiger partial charge in [-0.1, -0.05) is 30.3 Å². The third kappa shape index (κ3) is 4.61. The standard InChI is InChI=1S/C22H20O3S/c1-16-8-13-22(26-16)20(23)11-9-17-10-12-21(24-2)18(14-17)15-25-19-6-4-3-5-7-19/h3-14H,15H2,1-2H3/b11-9+. The normalized spacial score (nSPS) is 10.8. The monoisotopic (exact) mass is 364 g/mol. The second-order valence-corrected chi connectivity index (χ2v) is 7.07. The van der Waals surface area contributed by atoms with Crippen LogP contribution in [0, 0.1) is 6.92 Å². The summed E-state index contributed by atoms with van der Waals surface area (Å²) in [5, 5.41) is 0. The molecule has 0 N–H and O–H groups in total. The van der Waals surface area contributed by atoms with E-state index in [1.54, 1.807) is 13.2 Å². The van der Waals surface area contributed by atoms with Gasteiger partial charge in [0.1, 0.15) is 18.1 Å². The molecule has 0 aliphatic carbocycles. The molecule has 1 aromatic heterocycles. The molecule has 0 unspecified atom stereocenters. The average molecular weight is 364 g/mol. The highest BCUT2D eigenvalue weighted by Gasteiger charge is 2.07. The molecule has 0 spiro atoms. The minimum atomic E-state index is 0.0148. The van der Waals surface area contributed by atoms with Gasteiger partial charge >= 0.3 is 0 Å². The van der Waals surface area contributed by atoms with E-state index in [4.69, 9.17) is 9.47 Å². The van der Waals surface area contributed by atoms with E-state index in [2.05, 4.69) is 0 Å². The molecule has 0 aliphatic heterocycles. The minimum Gasteiger partial charge on any atom is -0.496 e. The Bertz CT molecular complexity index is 910. The zero-order valence-electron chi connectivity index (χ0n) is 14.8. The van der Waals surface area contributed by atoms with Crippen LogP contribution in [0.2, 0.25) is 0 Å². The molecule has 3 nitrogen and oxygen atoms in total. The number of thiophene rings is 1. The molecule has 3 rings (SSSR count). The highest BCUT2D eigenvalue weighted by atomic mass is 32.1. The van der Waals surface area contributed by atoms with Crippen LogP contribution in [0.4, 0.5) is 0 Å². The summed E-state index contributed by atoms with van der Waals surface area (Å²) in [5.41, 5.74) is 1.86. The number of aryl methyl sites for hydroxylation is 1. The highest BCUT2D eigenvalue weighted by molar-refractivity contribution is 7.14. The Balaban J connectivity index is 1.74. The zero-order chi connectivity index (χ0) is 18.4. The SMILES string of the molecule is COc1ccc(/C=C/C(=O)c2ccc(C)s2)cc1COc1ccccc1. The third-order valence-corrected chi connectivity index (χ3v) is 4.87. The third-order valence-electron chi connectivity index (χ3n) is 3.85. The van der Waals surface area contributed by atoms with Crippen molar-refractivity contribution in [3.05, 3.63) is 87.6 Å². The van der Waals surface area contributed by atoms with Crippen LogP contribution in [0.25, 0.3) is 6.08 Å². The molecule has 4 heteroatoms. The fraction of sp³-hybridized carbons (Fsp3) is 0.136. The fourth-order valence-electron chi connectivity index (χ4n) is 2.51. The van der Waals surface area contributed by atoms with Crippen LogP contribution in [0.3, 0.4) is 0 Å². The summed E-state index contributed by atoms with van der Waals surface area (Å²) in [4.78, 5) is 14.1. The zero-order valence-corrected chi connectivity index (χ0v) is 15.6. The summed E-state index contributed by atoms with van der Waals surface area (Å²) in [5.74, 6) is 1.58. The molecule has 0 saturated carbocycles. The van der Waals surface area contributed by atoms with Gasteiger partial charge in [0.15, 0.2) is 5.78 Å². The van der Waals surface area contributed by atoms with Gasteiger partial charge in [-0.15, -0.1) is 11.3 Å². The number of carbonyl (C=O) groups is 1. The average Bonchev–Trinajstić information content (AvgIpc) is 3.12. The van der Waals surface area contributed by atoms with E-state index in [0.717, 1.165) is 32.4 Å². The van der Waals surface area contributed by atoms with Gasteiger partial charge < -0.3 is 9.47 Å². The van der Waals surface area contributed by atoms with Crippen molar-refractivity contribution >= 4 is 23.2 Å². The molecule has 3 aromatic rings. The van der Waals surface area contributed by atoms with Gasteiger partial charge in [0.25, 0.3) is 0 Å². The number of benzene rings is 2. The first-order valence-electron chi connectivity index (χ1n) is 8.29. The molecule has 0 fully saturated rings. The van der Waals surface area contributed by atoms with E-state index in [-0.39, 0.29) is 5.78 Å². The Labute approximate surface area is 157 Å². The number of allylic oxidation sites excluding steroid dienone is 1. The fourth-order valence-corrected chi connectivity index (χ4v) is 3.30. The minimum absolute atomic E-state index is 0.0148. The van der Waals surface area contributed by atoms with Crippen LogP contribution in [-0.4, -0.2) is 12.9 Å². The van der Waals surface area contributed by atoms with Crippen LogP contribution < -0.4 is 9.47 Å². The van der Waals surface area contributed by atoms with E-state index in [9.17, 15) is 4.79 Å². The van der Waals surface area contributed by atoms with E-state index >= 15 is 0 Å². The van der Waals surface area contributed by atoms with Crippen LogP contribution in [0.15, 0.2) is 66.7 Å². The Morgan fingerprint density at radius 2 is 1.88 bits per heavy atom. The number of rotatable bonds is 7. The van der Waals surface area contributed by atoms with Crippen LogP contribution in [0.1, 0.15) is 25.7 Å². The lowest BCUT2D eigenvalue weighted by molar-refractivity contribution is 0.105. The van der Waals surface area contributed by atoms with Crippen LogP contribution in [-0.2, 0) is 6.61 Å². The van der Waals surface area contributed by atoms with Crippen molar-refractivity contribution in [2.45, 2.75) is 13.5 Å². The van der Waals surface area contributed by atoms with Crippen LogP contribution in [0.5, 0.6) is 11.5 Å². The molecular formula is C22H20O3S. The van der Waals surface area contributed by atoms with Gasteiger partial charge in [-0.3, -0.25) is 4.79 Å². The highest BCUT2D eigenvalue weighted by Crippen LogP contribution is 2.23. The number of ether oxygens (including phenoxy) is 2. The second kappa shape index (κ2) is 8.50. The second-order valence-electron chi connectivity index (χ2n) is 5.78. The molecule has 0 radical (unpaired) electrons. The van der Waals surface area contributed by atoms with Gasteiger partial charge in [0, 0.05) is 10.4 Å². The smallest absolute Gasteiger partial charge is 0.195 e. The molecule has 0 aliphatic rings. The van der Waals surface area contributed by atoms with Crippen molar-refractivity contribution in [3.8, 4) is 11.5 Å². The molecule has 0 amide bonds. The number of hydrogen-bond donors (Lipinski definition) is 0. The lowest BCUT2D eigenvalue weighted by Gasteiger charge is -2.11. The van der Waals surface area contributed by atoms with Crippen molar-refractivity contribution in [2.75, 3.05) is 7.11 Å². The topological polar surface area (TPSA) is 35.5 Å². The number of hydrogen-bond acceptors (Lipinski definition) is 4. The summed E-state index contributed by atoms with van der Waals surface area (Å²) in [6.07, 6.45) is 3.43. The summed E-state index contributed by atoms with van der Waals surface area (Å²) < 4.78 is 11.2. The van der Waals surface area contributed by atoms with Crippen molar-refractivity contribution in [1.29, 1.82) is 0 Å². The number of carbonyl (C=O) groups excluding carboxylic acids is 1. The van der Waals surface area contributed by atoms with E-state index in [1.165, 1.54) is 11.3 Å². The first kappa shape index (κ1) is 18.0. The quantitative estimate of drug-likeness (QED) is 0.408. The molecule has 26 heavy (non-hydrogen) atoms. The first-order valence-corrected chi connectivity index (χ1v) is 9.11. The Hall–Kier alpha value is -2.85. The molecule has 132 valence electrons. The maximum Gasteiger partial charge on any atom is 0.195 e. The largest absolute Gasteiger partial charge is 0.496 e. The van der Waals surface area contributed by atoms with Gasteiger partial charge in [-0.25, -0.2) is 0 Å². The molecule has 2 aromatic carbocycles. The summed E-state index contributed by atoms with van der Waals surface area (Å²) >= 11 is 1.51. The first-order chi connectivity index (χ1) is 12.7. The van der Waals surface area contributed by atoms with Gasteiger partial charge in [0.05, 0.1) is 12.0 Å². The molecule has 1 heterocycles. The van der Waals surface area contributed by atoms with Crippen molar-refractivity contribution < 1.29 is 14.3 Å². The Morgan fingerprint density at radius 1 is 1.08 bits per heavy atom. The summed E-state index contributed by atoms with van der Waals surface area (Å²) in [6, 6.07) is 19.3. The van der Waals surface area contributed by atoms with E-state index in [1.807, 2.05) is 73.7 Å². The van der Waals surface area contributed by atoms with Crippen molar-refractivity contribution in [3.63, 3.8) is 0 Å². The van der Waals surface area contributed by atoms with E-state index in [0.29, 0.717) is 6.61 Å². The number of ketones is 1. The summed E-state index contributed by atoms with van der Waals surface area (Å²) in [6.45, 7) is 2.39. The lowest BCUT2D eigenvalue weighted by Crippen LogP contribution is -1.99. The van der Waals surface area contributed by atoms with Crippen molar-refractivity contribution in [2.24, 2.45) is 0 Å². The van der Waals surface area contributed by atoms with Gasteiger partial charge in [-0.2, -0.15) is 0 Å².